The van der Waals surface area contributed by atoms with Crippen molar-refractivity contribution in [3.63, 3.8) is 0 Å². The van der Waals surface area contributed by atoms with Crippen LogP contribution in [0.3, 0.4) is 0 Å². The molecule has 0 N–H and O–H groups in total. The Morgan fingerprint density at radius 3 is 2.24 bits per heavy atom. The van der Waals surface area contributed by atoms with Crippen molar-refractivity contribution < 1.29 is 21.6 Å². The summed E-state index contributed by atoms with van der Waals surface area (Å²) < 4.78 is 66.3. The summed E-state index contributed by atoms with van der Waals surface area (Å²) in [5.41, 5.74) is 0.851. The molecule has 1 aliphatic rings. The minimum absolute atomic E-state index is 0.0906. The second-order valence-corrected chi connectivity index (χ2v) is 7.89. The van der Waals surface area contributed by atoms with Gasteiger partial charge in [0.05, 0.1) is 0 Å². The van der Waals surface area contributed by atoms with Crippen molar-refractivity contribution in [2.45, 2.75) is 4.90 Å². The summed E-state index contributed by atoms with van der Waals surface area (Å²) in [6.07, 6.45) is 0. The highest BCUT2D eigenvalue weighted by molar-refractivity contribution is 7.89. The van der Waals surface area contributed by atoms with E-state index in [1.54, 1.807) is 18.2 Å². The molecule has 3 rings (SSSR count). The molecule has 0 radical (unpaired) electrons. The molecule has 0 spiro atoms. The van der Waals surface area contributed by atoms with Gasteiger partial charge in [-0.15, -0.1) is 0 Å². The predicted octanol–water partition coefficient (Wildman–Crippen LogP) is 3.27. The van der Waals surface area contributed by atoms with Crippen molar-refractivity contribution in [1.82, 2.24) is 4.31 Å². The third-order valence-corrected chi connectivity index (χ3v) is 6.18. The van der Waals surface area contributed by atoms with Gasteiger partial charge in [0.2, 0.25) is 10.0 Å². The molecule has 1 fully saturated rings. The standard InChI is InChI=1S/C16H14ClF3N2O2S/c17-11-2-1-3-12(10-11)21-6-8-22(9-7-21)25(23,24)14-5-4-13(18)15(19)16(14)20/h1-5,10H,6-9H2. The van der Waals surface area contributed by atoms with Crippen LogP contribution in [-0.2, 0) is 10.0 Å². The quantitative estimate of drug-likeness (QED) is 0.755. The lowest BCUT2D eigenvalue weighted by Gasteiger charge is -2.35. The molecule has 1 aliphatic heterocycles. The monoisotopic (exact) mass is 390 g/mol. The lowest BCUT2D eigenvalue weighted by molar-refractivity contribution is 0.377. The predicted molar refractivity (Wildman–Crippen MR) is 88.7 cm³/mol. The molecule has 0 aliphatic carbocycles. The van der Waals surface area contributed by atoms with E-state index in [1.165, 1.54) is 0 Å². The second kappa shape index (κ2) is 6.86. The first kappa shape index (κ1) is 18.0. The fourth-order valence-electron chi connectivity index (χ4n) is 2.71. The molecule has 0 unspecified atom stereocenters. The minimum atomic E-state index is -4.25. The third-order valence-electron chi connectivity index (χ3n) is 4.03. The SMILES string of the molecule is O=S(=O)(c1ccc(F)c(F)c1F)N1CCN(c2cccc(Cl)c2)CC1. The van der Waals surface area contributed by atoms with Gasteiger partial charge in [0, 0.05) is 36.9 Å². The molecule has 0 aromatic heterocycles. The Hall–Kier alpha value is -1.77. The van der Waals surface area contributed by atoms with Crippen LogP contribution in [0.2, 0.25) is 5.02 Å². The van der Waals surface area contributed by atoms with E-state index in [1.807, 2.05) is 11.0 Å². The molecule has 134 valence electrons. The van der Waals surface area contributed by atoms with Crippen LogP contribution >= 0.6 is 11.6 Å². The molecule has 2 aromatic carbocycles. The molecule has 0 bridgehead atoms. The van der Waals surface area contributed by atoms with E-state index in [-0.39, 0.29) is 13.1 Å². The van der Waals surface area contributed by atoms with Gasteiger partial charge in [0.25, 0.3) is 0 Å². The van der Waals surface area contributed by atoms with Crippen LogP contribution in [-0.4, -0.2) is 38.9 Å². The minimum Gasteiger partial charge on any atom is -0.369 e. The number of hydrogen-bond donors (Lipinski definition) is 0. The first-order valence-electron chi connectivity index (χ1n) is 7.45. The highest BCUT2D eigenvalue weighted by Gasteiger charge is 2.32. The van der Waals surface area contributed by atoms with Crippen LogP contribution in [0.4, 0.5) is 18.9 Å². The summed E-state index contributed by atoms with van der Waals surface area (Å²) in [6, 6.07) is 8.49. The molecule has 0 saturated carbocycles. The topological polar surface area (TPSA) is 40.6 Å². The first-order valence-corrected chi connectivity index (χ1v) is 9.26. The maximum Gasteiger partial charge on any atom is 0.246 e. The molecule has 9 heteroatoms. The van der Waals surface area contributed by atoms with Gasteiger partial charge < -0.3 is 4.90 Å². The summed E-state index contributed by atoms with van der Waals surface area (Å²) in [5, 5.41) is 0.566. The Morgan fingerprint density at radius 1 is 0.920 bits per heavy atom. The summed E-state index contributed by atoms with van der Waals surface area (Å²) in [5.74, 6) is -4.92. The highest BCUT2D eigenvalue weighted by Crippen LogP contribution is 2.26. The van der Waals surface area contributed by atoms with Crippen LogP contribution in [0.15, 0.2) is 41.3 Å². The van der Waals surface area contributed by atoms with Gasteiger partial charge in [0.1, 0.15) is 4.90 Å². The number of rotatable bonds is 3. The molecule has 0 amide bonds. The Balaban J connectivity index is 1.79. The Bertz CT molecular complexity index is 900. The van der Waals surface area contributed by atoms with Crippen LogP contribution in [0.5, 0.6) is 0 Å². The van der Waals surface area contributed by atoms with Gasteiger partial charge in [-0.05, 0) is 30.3 Å². The normalized spacial score (nSPS) is 16.2. The van der Waals surface area contributed by atoms with E-state index < -0.39 is 32.4 Å². The number of benzene rings is 2. The lowest BCUT2D eigenvalue weighted by atomic mass is 10.2. The van der Waals surface area contributed by atoms with Gasteiger partial charge in [0.15, 0.2) is 17.5 Å². The van der Waals surface area contributed by atoms with E-state index >= 15 is 0 Å². The number of halogens is 4. The third kappa shape index (κ3) is 3.47. The van der Waals surface area contributed by atoms with Crippen molar-refractivity contribution in [2.24, 2.45) is 0 Å². The van der Waals surface area contributed by atoms with Crippen molar-refractivity contribution in [1.29, 1.82) is 0 Å². The number of sulfonamides is 1. The van der Waals surface area contributed by atoms with E-state index in [0.29, 0.717) is 24.2 Å². The number of anilines is 1. The molecular formula is C16H14ClF3N2O2S. The molecule has 25 heavy (non-hydrogen) atoms. The Morgan fingerprint density at radius 2 is 1.60 bits per heavy atom. The van der Waals surface area contributed by atoms with Crippen LogP contribution in [0.1, 0.15) is 0 Å². The van der Waals surface area contributed by atoms with Gasteiger partial charge in [-0.3, -0.25) is 0 Å². The van der Waals surface area contributed by atoms with Crippen molar-refractivity contribution >= 4 is 27.3 Å². The second-order valence-electron chi connectivity index (χ2n) is 5.54. The first-order chi connectivity index (χ1) is 11.8. The van der Waals surface area contributed by atoms with Crippen LogP contribution < -0.4 is 4.90 Å². The molecule has 2 aromatic rings. The molecule has 0 atom stereocenters. The van der Waals surface area contributed by atoms with Gasteiger partial charge >= 0.3 is 0 Å². The summed E-state index contributed by atoms with van der Waals surface area (Å²) in [4.78, 5) is 1.09. The molecule has 1 saturated heterocycles. The van der Waals surface area contributed by atoms with Crippen LogP contribution in [0, 0.1) is 17.5 Å². The van der Waals surface area contributed by atoms with E-state index in [4.69, 9.17) is 11.6 Å². The van der Waals surface area contributed by atoms with Gasteiger partial charge in [-0.2, -0.15) is 4.31 Å². The van der Waals surface area contributed by atoms with Crippen LogP contribution in [0.25, 0.3) is 0 Å². The van der Waals surface area contributed by atoms with E-state index in [0.717, 1.165) is 16.1 Å². The van der Waals surface area contributed by atoms with Crippen molar-refractivity contribution in [3.8, 4) is 0 Å². The summed E-state index contributed by atoms with van der Waals surface area (Å²) >= 11 is 5.95. The fraction of sp³-hybridized carbons (Fsp3) is 0.250. The van der Waals surface area contributed by atoms with E-state index in [9.17, 15) is 21.6 Å². The largest absolute Gasteiger partial charge is 0.369 e. The Labute approximate surface area is 148 Å². The van der Waals surface area contributed by atoms with Gasteiger partial charge in [-0.1, -0.05) is 17.7 Å². The average molecular weight is 391 g/mol. The Kier molecular flexibility index (Phi) is 4.95. The highest BCUT2D eigenvalue weighted by atomic mass is 35.5. The zero-order chi connectivity index (χ0) is 18.2. The van der Waals surface area contributed by atoms with Crippen molar-refractivity contribution in [2.75, 3.05) is 31.1 Å². The smallest absolute Gasteiger partial charge is 0.246 e. The maximum absolute atomic E-state index is 13.9. The molecule has 1 heterocycles. The lowest BCUT2D eigenvalue weighted by Crippen LogP contribution is -2.48. The zero-order valence-electron chi connectivity index (χ0n) is 12.9. The average Bonchev–Trinajstić information content (AvgIpc) is 2.59. The van der Waals surface area contributed by atoms with Gasteiger partial charge in [-0.25, -0.2) is 21.6 Å². The fourth-order valence-corrected chi connectivity index (χ4v) is 4.37. The number of piperazine rings is 1. The summed E-state index contributed by atoms with van der Waals surface area (Å²) in [6.45, 7) is 0.913. The summed E-state index contributed by atoms with van der Waals surface area (Å²) in [7, 11) is -4.25. The zero-order valence-corrected chi connectivity index (χ0v) is 14.5. The maximum atomic E-state index is 13.9. The number of hydrogen-bond acceptors (Lipinski definition) is 3. The van der Waals surface area contributed by atoms with Crippen molar-refractivity contribution in [3.05, 3.63) is 58.9 Å². The molecular weight excluding hydrogens is 377 g/mol. The number of nitrogens with zero attached hydrogens (tertiary/aromatic N) is 2. The van der Waals surface area contributed by atoms with E-state index in [2.05, 4.69) is 0 Å². The molecule has 4 nitrogen and oxygen atoms in total.